The molecule has 1 aromatic rings. The van der Waals surface area contributed by atoms with Gasteiger partial charge in [0.2, 0.25) is 11.8 Å². The first-order chi connectivity index (χ1) is 9.38. The van der Waals surface area contributed by atoms with Crippen molar-refractivity contribution in [2.75, 3.05) is 11.1 Å². The van der Waals surface area contributed by atoms with Crippen molar-refractivity contribution in [3.63, 3.8) is 0 Å². The van der Waals surface area contributed by atoms with Crippen molar-refractivity contribution >= 4 is 35.2 Å². The van der Waals surface area contributed by atoms with Gasteiger partial charge in [-0.3, -0.25) is 14.4 Å². The third-order valence-electron chi connectivity index (χ3n) is 2.41. The molecule has 1 rings (SSSR count). The average molecular weight is 296 g/mol. The quantitative estimate of drug-likeness (QED) is 0.703. The first-order valence-corrected chi connectivity index (χ1v) is 6.96. The van der Waals surface area contributed by atoms with Gasteiger partial charge in [-0.05, 0) is 24.3 Å². The van der Waals surface area contributed by atoms with E-state index in [4.69, 9.17) is 10.8 Å². The molecule has 20 heavy (non-hydrogen) atoms. The zero-order chi connectivity index (χ0) is 15.1. The van der Waals surface area contributed by atoms with Gasteiger partial charge in [-0.1, -0.05) is 6.92 Å². The number of anilines is 1. The molecule has 0 saturated heterocycles. The predicted octanol–water partition coefficient (Wildman–Crippen LogP) is 1.32. The number of aliphatic carboxylic acids is 1. The summed E-state index contributed by atoms with van der Waals surface area (Å²) in [6, 6.07) is 6.23. The smallest absolute Gasteiger partial charge is 0.304 e. The second kappa shape index (κ2) is 7.54. The van der Waals surface area contributed by atoms with Gasteiger partial charge in [-0.2, -0.15) is 0 Å². The van der Waals surface area contributed by atoms with Gasteiger partial charge >= 0.3 is 5.97 Å². The Labute approximate surface area is 120 Å². The van der Waals surface area contributed by atoms with E-state index in [1.807, 2.05) is 0 Å². The number of thioether (sulfide) groups is 1. The number of carboxylic acid groups (broad SMARTS) is 1. The molecule has 1 unspecified atom stereocenters. The van der Waals surface area contributed by atoms with E-state index < -0.39 is 11.9 Å². The molecule has 1 atom stereocenters. The van der Waals surface area contributed by atoms with Crippen LogP contribution in [0.1, 0.15) is 23.7 Å². The van der Waals surface area contributed by atoms with E-state index in [2.05, 4.69) is 5.32 Å². The first kappa shape index (κ1) is 16.0. The molecule has 0 fully saturated rings. The van der Waals surface area contributed by atoms with Crippen LogP contribution in [0.4, 0.5) is 5.69 Å². The molecule has 0 heterocycles. The highest BCUT2D eigenvalue weighted by Crippen LogP contribution is 2.15. The molecule has 108 valence electrons. The molecule has 2 amide bonds. The lowest BCUT2D eigenvalue weighted by Crippen LogP contribution is -2.17. The minimum absolute atomic E-state index is 0.0191. The second-order valence-electron chi connectivity index (χ2n) is 4.21. The number of hydrogen-bond acceptors (Lipinski definition) is 4. The van der Waals surface area contributed by atoms with Gasteiger partial charge in [-0.15, -0.1) is 11.8 Å². The van der Waals surface area contributed by atoms with E-state index in [0.29, 0.717) is 11.3 Å². The molecule has 0 aliphatic heterocycles. The van der Waals surface area contributed by atoms with E-state index >= 15 is 0 Å². The van der Waals surface area contributed by atoms with Crippen molar-refractivity contribution in [3.05, 3.63) is 29.8 Å². The summed E-state index contributed by atoms with van der Waals surface area (Å²) in [6.45, 7) is 1.76. The Hall–Kier alpha value is -2.02. The van der Waals surface area contributed by atoms with Crippen molar-refractivity contribution < 1.29 is 19.5 Å². The maximum absolute atomic E-state index is 11.7. The van der Waals surface area contributed by atoms with Gasteiger partial charge in [0.1, 0.15) is 0 Å². The number of hydrogen-bond donors (Lipinski definition) is 3. The molecular weight excluding hydrogens is 280 g/mol. The molecule has 0 saturated carbocycles. The maximum atomic E-state index is 11.7. The maximum Gasteiger partial charge on any atom is 0.304 e. The molecule has 1 aromatic carbocycles. The van der Waals surface area contributed by atoms with Crippen molar-refractivity contribution in [2.24, 2.45) is 5.73 Å². The minimum Gasteiger partial charge on any atom is -0.481 e. The van der Waals surface area contributed by atoms with Gasteiger partial charge < -0.3 is 16.2 Å². The van der Waals surface area contributed by atoms with E-state index in [0.717, 1.165) is 0 Å². The standard InChI is InChI=1S/C13H16N2O4S/c1-8(6-12(17)18)20-7-11(16)15-10-4-2-9(3-5-10)13(14)19/h2-5,8H,6-7H2,1H3,(H2,14,19)(H,15,16)(H,17,18). The van der Waals surface area contributed by atoms with Gasteiger partial charge in [-0.25, -0.2) is 0 Å². The zero-order valence-electron chi connectivity index (χ0n) is 11.0. The Morgan fingerprint density at radius 1 is 1.30 bits per heavy atom. The summed E-state index contributed by atoms with van der Waals surface area (Å²) in [5, 5.41) is 11.1. The van der Waals surface area contributed by atoms with Crippen LogP contribution in [0.15, 0.2) is 24.3 Å². The summed E-state index contributed by atoms with van der Waals surface area (Å²) in [6.07, 6.45) is 0.0191. The fraction of sp³-hybridized carbons (Fsp3) is 0.308. The van der Waals surface area contributed by atoms with Crippen molar-refractivity contribution in [2.45, 2.75) is 18.6 Å². The van der Waals surface area contributed by atoms with Crippen LogP contribution in [0.2, 0.25) is 0 Å². The lowest BCUT2D eigenvalue weighted by molar-refractivity contribution is -0.136. The first-order valence-electron chi connectivity index (χ1n) is 5.91. The Kier molecular flexibility index (Phi) is 6.05. The minimum atomic E-state index is -0.882. The van der Waals surface area contributed by atoms with Crippen LogP contribution < -0.4 is 11.1 Å². The number of primary amides is 1. The van der Waals surface area contributed by atoms with Crippen LogP contribution in [-0.2, 0) is 9.59 Å². The Bertz CT molecular complexity index is 502. The number of nitrogens with two attached hydrogens (primary N) is 1. The lowest BCUT2D eigenvalue weighted by Gasteiger charge is -2.09. The SMILES string of the molecule is CC(CC(=O)O)SCC(=O)Nc1ccc(C(N)=O)cc1. The van der Waals surface area contributed by atoms with Gasteiger partial charge in [0.15, 0.2) is 0 Å². The van der Waals surface area contributed by atoms with Crippen LogP contribution in [0.3, 0.4) is 0 Å². The molecular formula is C13H16N2O4S. The summed E-state index contributed by atoms with van der Waals surface area (Å²) in [4.78, 5) is 33.0. The number of carbonyl (C=O) groups excluding carboxylic acids is 2. The van der Waals surface area contributed by atoms with E-state index in [1.165, 1.54) is 23.9 Å². The van der Waals surface area contributed by atoms with Crippen molar-refractivity contribution in [1.82, 2.24) is 0 Å². The molecule has 0 spiro atoms. The molecule has 0 bridgehead atoms. The third kappa shape index (κ3) is 5.75. The molecule has 4 N–H and O–H groups in total. The van der Waals surface area contributed by atoms with Gasteiger partial charge in [0.05, 0.1) is 12.2 Å². The van der Waals surface area contributed by atoms with Crippen molar-refractivity contribution in [1.29, 1.82) is 0 Å². The fourth-order valence-corrected chi connectivity index (χ4v) is 2.21. The van der Waals surface area contributed by atoms with Crippen LogP contribution in [0.5, 0.6) is 0 Å². The third-order valence-corrected chi connectivity index (χ3v) is 3.58. The predicted molar refractivity (Wildman–Crippen MR) is 77.8 cm³/mol. The normalized spacial score (nSPS) is 11.7. The number of carbonyl (C=O) groups is 3. The molecule has 6 nitrogen and oxygen atoms in total. The van der Waals surface area contributed by atoms with E-state index in [9.17, 15) is 14.4 Å². The summed E-state index contributed by atoms with van der Waals surface area (Å²) in [5.74, 6) is -1.46. The highest BCUT2D eigenvalue weighted by Gasteiger charge is 2.11. The lowest BCUT2D eigenvalue weighted by atomic mass is 10.2. The average Bonchev–Trinajstić information content (AvgIpc) is 2.36. The monoisotopic (exact) mass is 296 g/mol. The number of rotatable bonds is 7. The number of nitrogens with one attached hydrogen (secondary N) is 1. The van der Waals surface area contributed by atoms with Crippen LogP contribution in [0.25, 0.3) is 0 Å². The van der Waals surface area contributed by atoms with Gasteiger partial charge in [0, 0.05) is 16.5 Å². The van der Waals surface area contributed by atoms with Crippen molar-refractivity contribution in [3.8, 4) is 0 Å². The molecule has 0 aromatic heterocycles. The molecule has 0 aliphatic rings. The summed E-state index contributed by atoms with van der Waals surface area (Å²) in [5.41, 5.74) is 6.04. The van der Waals surface area contributed by atoms with E-state index in [1.54, 1.807) is 19.1 Å². The highest BCUT2D eigenvalue weighted by molar-refractivity contribution is 8.00. The van der Waals surface area contributed by atoms with Crippen LogP contribution >= 0.6 is 11.8 Å². The molecule has 7 heteroatoms. The van der Waals surface area contributed by atoms with Crippen LogP contribution in [-0.4, -0.2) is 33.9 Å². The summed E-state index contributed by atoms with van der Waals surface area (Å²) in [7, 11) is 0. The molecule has 0 radical (unpaired) electrons. The van der Waals surface area contributed by atoms with Gasteiger partial charge in [0.25, 0.3) is 0 Å². The number of carboxylic acids is 1. The zero-order valence-corrected chi connectivity index (χ0v) is 11.8. The fourth-order valence-electron chi connectivity index (χ4n) is 1.44. The molecule has 0 aliphatic carbocycles. The summed E-state index contributed by atoms with van der Waals surface area (Å²) >= 11 is 1.27. The number of benzene rings is 1. The Balaban J connectivity index is 2.42. The van der Waals surface area contributed by atoms with E-state index in [-0.39, 0.29) is 23.3 Å². The topological polar surface area (TPSA) is 109 Å². The second-order valence-corrected chi connectivity index (χ2v) is 5.64. The highest BCUT2D eigenvalue weighted by atomic mass is 32.2. The summed E-state index contributed by atoms with van der Waals surface area (Å²) < 4.78 is 0. The number of amides is 2. The Morgan fingerprint density at radius 3 is 2.40 bits per heavy atom. The Morgan fingerprint density at radius 2 is 1.90 bits per heavy atom. The largest absolute Gasteiger partial charge is 0.481 e. The van der Waals surface area contributed by atoms with Crippen LogP contribution in [0, 0.1) is 0 Å².